The van der Waals surface area contributed by atoms with E-state index in [0.717, 1.165) is 11.4 Å². The van der Waals surface area contributed by atoms with Crippen molar-refractivity contribution >= 4 is 17.8 Å². The predicted octanol–water partition coefficient (Wildman–Crippen LogP) is 2.90. The summed E-state index contributed by atoms with van der Waals surface area (Å²) in [5, 5.41) is 6.21. The number of ether oxygens (including phenoxy) is 2. The number of nitrogens with zero attached hydrogens (tertiary/aromatic N) is 2. The number of hydrogen-bond donors (Lipinski definition) is 1. The minimum absolute atomic E-state index is 0.0470. The molecule has 0 saturated carbocycles. The zero-order valence-electron chi connectivity index (χ0n) is 16.2. The van der Waals surface area contributed by atoms with Gasteiger partial charge in [-0.1, -0.05) is 0 Å². The molecule has 1 aromatic heterocycles. The number of rotatable bonds is 7. The number of imide groups is 1. The number of aryl methyl sites for hydroxylation is 1. The van der Waals surface area contributed by atoms with E-state index >= 15 is 0 Å². The first-order valence-electron chi connectivity index (χ1n) is 9.01. The highest BCUT2D eigenvalue weighted by atomic mass is 19.3. The van der Waals surface area contributed by atoms with Crippen molar-refractivity contribution in [1.82, 2.24) is 15.1 Å². The zero-order valence-corrected chi connectivity index (χ0v) is 16.2. The Hall–Kier alpha value is -4.08. The molecule has 1 heterocycles. The lowest BCUT2D eigenvalue weighted by Crippen LogP contribution is -2.34. The third-order valence-corrected chi connectivity index (χ3v) is 4.11. The molecule has 0 atom stereocenters. The molecule has 0 radical (unpaired) electrons. The molecular weight excluding hydrogens is 412 g/mol. The minimum atomic E-state index is -2.98. The second kappa shape index (κ2) is 9.61. The van der Waals surface area contributed by atoms with Crippen LogP contribution < -0.4 is 10.1 Å². The number of amides is 2. The van der Waals surface area contributed by atoms with Crippen molar-refractivity contribution in [3.8, 4) is 11.4 Å². The molecule has 2 amide bonds. The summed E-state index contributed by atoms with van der Waals surface area (Å²) in [6.45, 7) is -1.76. The molecule has 3 rings (SSSR count). The summed E-state index contributed by atoms with van der Waals surface area (Å²) in [7, 11) is 0. The first-order valence-corrected chi connectivity index (χ1v) is 9.01. The third-order valence-electron chi connectivity index (χ3n) is 4.11. The Kier molecular flexibility index (Phi) is 6.71. The lowest BCUT2D eigenvalue weighted by molar-refractivity contribution is -0.123. The maximum absolute atomic E-state index is 12.1. The molecule has 0 aliphatic rings. The lowest BCUT2D eigenvalue weighted by atomic mass is 10.2. The van der Waals surface area contributed by atoms with Gasteiger partial charge in [-0.25, -0.2) is 9.48 Å². The van der Waals surface area contributed by atoms with E-state index in [1.165, 1.54) is 36.4 Å². The molecule has 0 fully saturated rings. The first-order chi connectivity index (χ1) is 14.8. The molecule has 1 N–H and O–H groups in total. The number of carbonyl (C=O) groups is 3. The van der Waals surface area contributed by atoms with E-state index in [2.05, 4.69) is 9.84 Å². The average molecular weight is 429 g/mol. The zero-order chi connectivity index (χ0) is 22.4. The quantitative estimate of drug-likeness (QED) is 0.580. The van der Waals surface area contributed by atoms with Gasteiger partial charge in [-0.15, -0.1) is 0 Å². The van der Waals surface area contributed by atoms with E-state index in [1.54, 1.807) is 23.0 Å². The second-order valence-corrected chi connectivity index (χ2v) is 6.29. The first kappa shape index (κ1) is 21.6. The summed E-state index contributed by atoms with van der Waals surface area (Å²) in [6.07, 6.45) is 1.66. The van der Waals surface area contributed by atoms with Gasteiger partial charge < -0.3 is 9.47 Å². The van der Waals surface area contributed by atoms with Gasteiger partial charge in [-0.05, 0) is 61.5 Å². The summed E-state index contributed by atoms with van der Waals surface area (Å²) in [4.78, 5) is 36.0. The molecule has 0 spiro atoms. The van der Waals surface area contributed by atoms with Crippen LogP contribution in [0.3, 0.4) is 0 Å². The molecule has 0 bridgehead atoms. The van der Waals surface area contributed by atoms with E-state index in [1.807, 2.05) is 18.3 Å². The van der Waals surface area contributed by atoms with Crippen molar-refractivity contribution in [2.24, 2.45) is 0 Å². The molecule has 31 heavy (non-hydrogen) atoms. The van der Waals surface area contributed by atoms with Crippen molar-refractivity contribution in [2.45, 2.75) is 13.5 Å². The number of nitrogens with one attached hydrogen (secondary N) is 1. The Morgan fingerprint density at radius 1 is 1.00 bits per heavy atom. The number of aromatic nitrogens is 2. The largest absolute Gasteiger partial charge is 0.452 e. The van der Waals surface area contributed by atoms with Gasteiger partial charge in [0.25, 0.3) is 11.8 Å². The van der Waals surface area contributed by atoms with E-state index in [0.29, 0.717) is 0 Å². The molecule has 0 aliphatic heterocycles. The highest BCUT2D eigenvalue weighted by Crippen LogP contribution is 2.15. The fourth-order valence-corrected chi connectivity index (χ4v) is 2.62. The van der Waals surface area contributed by atoms with Crippen molar-refractivity contribution in [1.29, 1.82) is 0 Å². The van der Waals surface area contributed by atoms with Gasteiger partial charge in [-0.3, -0.25) is 14.9 Å². The number of alkyl halides is 2. The molecule has 160 valence electrons. The summed E-state index contributed by atoms with van der Waals surface area (Å²) in [5.41, 5.74) is 1.95. The normalized spacial score (nSPS) is 10.6. The van der Waals surface area contributed by atoms with Crippen LogP contribution in [0.1, 0.15) is 26.4 Å². The van der Waals surface area contributed by atoms with Crippen LogP contribution >= 0.6 is 0 Å². The van der Waals surface area contributed by atoms with Crippen LogP contribution in [0.5, 0.6) is 5.75 Å². The molecule has 0 saturated heterocycles. The maximum atomic E-state index is 12.1. The molecular formula is C21H17F2N3O5. The van der Waals surface area contributed by atoms with Crippen LogP contribution in [0.25, 0.3) is 5.69 Å². The van der Waals surface area contributed by atoms with Crippen LogP contribution in [0.2, 0.25) is 0 Å². The maximum Gasteiger partial charge on any atom is 0.387 e. The van der Waals surface area contributed by atoms with E-state index in [-0.39, 0.29) is 16.9 Å². The fourth-order valence-electron chi connectivity index (χ4n) is 2.62. The molecule has 8 nitrogen and oxygen atoms in total. The molecule has 2 aromatic carbocycles. The second-order valence-electron chi connectivity index (χ2n) is 6.29. The van der Waals surface area contributed by atoms with Crippen LogP contribution in [-0.2, 0) is 9.53 Å². The number of esters is 1. The number of hydrogen-bond acceptors (Lipinski definition) is 6. The van der Waals surface area contributed by atoms with Crippen molar-refractivity contribution < 1.29 is 32.6 Å². The minimum Gasteiger partial charge on any atom is -0.452 e. The Bertz CT molecular complexity index is 1080. The SMILES string of the molecule is Cc1ccnn1-c1ccc(C(=O)OCC(=O)NC(=O)c2ccc(OC(F)F)cc2)cc1. The Morgan fingerprint density at radius 3 is 2.23 bits per heavy atom. The summed E-state index contributed by atoms with van der Waals surface area (Å²) >= 11 is 0. The van der Waals surface area contributed by atoms with Crippen molar-refractivity contribution in [2.75, 3.05) is 6.61 Å². The molecule has 0 aliphatic carbocycles. The van der Waals surface area contributed by atoms with Crippen LogP contribution in [-0.4, -0.2) is 40.8 Å². The van der Waals surface area contributed by atoms with Gasteiger partial charge in [0.2, 0.25) is 0 Å². The van der Waals surface area contributed by atoms with Gasteiger partial charge in [0, 0.05) is 17.5 Å². The smallest absolute Gasteiger partial charge is 0.387 e. The standard InChI is InChI=1S/C21H17F2N3O5/c1-13-10-11-24-26(13)16-6-2-15(3-7-16)20(29)30-12-18(27)25-19(28)14-4-8-17(9-5-14)31-21(22)23/h2-11,21H,12H2,1H3,(H,25,27,28). The predicted molar refractivity (Wildman–Crippen MR) is 104 cm³/mol. The van der Waals surface area contributed by atoms with Crippen molar-refractivity contribution in [3.05, 3.63) is 77.6 Å². The third kappa shape index (κ3) is 5.72. The van der Waals surface area contributed by atoms with Crippen LogP contribution in [0.15, 0.2) is 60.8 Å². The van der Waals surface area contributed by atoms with Gasteiger partial charge in [0.1, 0.15) is 5.75 Å². The van der Waals surface area contributed by atoms with Gasteiger partial charge >= 0.3 is 12.6 Å². The number of benzene rings is 2. The number of carbonyl (C=O) groups excluding carboxylic acids is 3. The van der Waals surface area contributed by atoms with Gasteiger partial charge in [-0.2, -0.15) is 13.9 Å². The average Bonchev–Trinajstić information content (AvgIpc) is 3.18. The van der Waals surface area contributed by atoms with E-state index < -0.39 is 31.0 Å². The molecule has 0 unspecified atom stereocenters. The highest BCUT2D eigenvalue weighted by molar-refractivity contribution is 6.05. The Morgan fingerprint density at radius 2 is 1.65 bits per heavy atom. The van der Waals surface area contributed by atoms with Crippen molar-refractivity contribution in [3.63, 3.8) is 0 Å². The Balaban J connectivity index is 1.50. The lowest BCUT2D eigenvalue weighted by Gasteiger charge is -2.08. The van der Waals surface area contributed by atoms with Crippen LogP contribution in [0, 0.1) is 6.92 Å². The monoisotopic (exact) mass is 429 g/mol. The van der Waals surface area contributed by atoms with Gasteiger partial charge in [0.05, 0.1) is 11.3 Å². The highest BCUT2D eigenvalue weighted by Gasteiger charge is 2.15. The number of halogens is 2. The van der Waals surface area contributed by atoms with E-state index in [4.69, 9.17) is 4.74 Å². The molecule has 3 aromatic rings. The summed E-state index contributed by atoms with van der Waals surface area (Å²) in [5.74, 6) is -2.47. The molecule has 10 heteroatoms. The summed E-state index contributed by atoms with van der Waals surface area (Å²) in [6, 6.07) is 13.0. The fraction of sp³-hybridized carbons (Fsp3) is 0.143. The Labute approximate surface area is 175 Å². The van der Waals surface area contributed by atoms with Crippen LogP contribution in [0.4, 0.5) is 8.78 Å². The summed E-state index contributed by atoms with van der Waals surface area (Å²) < 4.78 is 35.1. The van der Waals surface area contributed by atoms with Gasteiger partial charge in [0.15, 0.2) is 6.61 Å². The topological polar surface area (TPSA) is 99.5 Å². The van der Waals surface area contributed by atoms with E-state index in [9.17, 15) is 23.2 Å².